The van der Waals surface area contributed by atoms with Gasteiger partial charge in [0.15, 0.2) is 11.5 Å². The van der Waals surface area contributed by atoms with Crippen LogP contribution in [0.5, 0.6) is 11.5 Å². The highest BCUT2D eigenvalue weighted by Crippen LogP contribution is 2.37. The molecular weight excluding hydrogens is 230 g/mol. The van der Waals surface area contributed by atoms with Crippen LogP contribution in [-0.2, 0) is 11.2 Å². The van der Waals surface area contributed by atoms with E-state index in [9.17, 15) is 4.79 Å². The molecule has 0 aliphatic carbocycles. The molecule has 0 heterocycles. The molecular formula is C11H12ClNO3. The van der Waals surface area contributed by atoms with Gasteiger partial charge in [-0.3, -0.25) is 0 Å². The number of hydrogen-bond acceptors (Lipinski definition) is 4. The molecule has 86 valence electrons. The summed E-state index contributed by atoms with van der Waals surface area (Å²) in [5.74, 6) is 1.08. The Labute approximate surface area is 98.8 Å². The summed E-state index contributed by atoms with van der Waals surface area (Å²) < 4.78 is 10.3. The van der Waals surface area contributed by atoms with E-state index in [1.807, 2.05) is 6.07 Å². The van der Waals surface area contributed by atoms with Crippen molar-refractivity contribution in [3.63, 3.8) is 0 Å². The SMILES string of the molecule is COc1ccc(CCN=C=O)c(Cl)c1OC. The van der Waals surface area contributed by atoms with Crippen LogP contribution in [0.1, 0.15) is 5.56 Å². The molecule has 1 rings (SSSR count). The van der Waals surface area contributed by atoms with E-state index in [0.29, 0.717) is 29.5 Å². The fourth-order valence-corrected chi connectivity index (χ4v) is 1.67. The number of ether oxygens (including phenoxy) is 2. The van der Waals surface area contributed by atoms with E-state index in [-0.39, 0.29) is 0 Å². The molecule has 0 aliphatic rings. The lowest BCUT2D eigenvalue weighted by molar-refractivity contribution is 0.354. The molecule has 0 saturated heterocycles. The Kier molecular flexibility index (Phi) is 4.83. The topological polar surface area (TPSA) is 47.9 Å². The van der Waals surface area contributed by atoms with E-state index in [1.54, 1.807) is 13.2 Å². The standard InChI is InChI=1S/C11H12ClNO3/c1-15-9-4-3-8(5-6-13-7-14)10(12)11(9)16-2/h3-4H,5-6H2,1-2H3. The number of carbonyl (C=O) groups excluding carboxylic acids is 1. The summed E-state index contributed by atoms with van der Waals surface area (Å²) in [6.45, 7) is 0.360. The van der Waals surface area contributed by atoms with Gasteiger partial charge in [0, 0.05) is 0 Å². The molecule has 1 aromatic carbocycles. The number of nitrogens with zero attached hydrogens (tertiary/aromatic N) is 1. The molecule has 0 radical (unpaired) electrons. The number of rotatable bonds is 5. The van der Waals surface area contributed by atoms with Crippen LogP contribution in [0.15, 0.2) is 17.1 Å². The molecule has 16 heavy (non-hydrogen) atoms. The van der Waals surface area contributed by atoms with Gasteiger partial charge >= 0.3 is 0 Å². The first-order chi connectivity index (χ1) is 7.74. The lowest BCUT2D eigenvalue weighted by Gasteiger charge is -2.11. The maximum Gasteiger partial charge on any atom is 0.234 e. The second-order valence-corrected chi connectivity index (χ2v) is 3.38. The molecule has 0 atom stereocenters. The summed E-state index contributed by atoms with van der Waals surface area (Å²) in [5.41, 5.74) is 0.860. The van der Waals surface area contributed by atoms with Gasteiger partial charge in [-0.1, -0.05) is 17.7 Å². The smallest absolute Gasteiger partial charge is 0.234 e. The number of aliphatic imine (C=N–C) groups is 1. The van der Waals surface area contributed by atoms with Crippen molar-refractivity contribution >= 4 is 17.7 Å². The lowest BCUT2D eigenvalue weighted by Crippen LogP contribution is -1.96. The van der Waals surface area contributed by atoms with Gasteiger partial charge in [0.05, 0.1) is 25.8 Å². The highest BCUT2D eigenvalue weighted by Gasteiger charge is 2.12. The molecule has 0 aromatic heterocycles. The minimum atomic E-state index is 0.360. The number of hydrogen-bond donors (Lipinski definition) is 0. The molecule has 0 spiro atoms. The van der Waals surface area contributed by atoms with Gasteiger partial charge in [0.25, 0.3) is 0 Å². The summed E-state index contributed by atoms with van der Waals surface area (Å²) in [6, 6.07) is 3.59. The second-order valence-electron chi connectivity index (χ2n) is 3.00. The van der Waals surface area contributed by atoms with Crippen LogP contribution in [-0.4, -0.2) is 26.8 Å². The first-order valence-corrected chi connectivity index (χ1v) is 5.05. The van der Waals surface area contributed by atoms with Gasteiger partial charge in [-0.2, -0.15) is 0 Å². The van der Waals surface area contributed by atoms with E-state index >= 15 is 0 Å². The zero-order valence-corrected chi connectivity index (χ0v) is 9.87. The summed E-state index contributed by atoms with van der Waals surface area (Å²) in [5, 5.41) is 0.489. The van der Waals surface area contributed by atoms with E-state index in [4.69, 9.17) is 21.1 Å². The van der Waals surface area contributed by atoms with Crippen molar-refractivity contribution < 1.29 is 14.3 Å². The van der Waals surface area contributed by atoms with Crippen molar-refractivity contribution in [1.82, 2.24) is 0 Å². The number of halogens is 1. The molecule has 4 nitrogen and oxygen atoms in total. The Morgan fingerprint density at radius 3 is 2.69 bits per heavy atom. The molecule has 0 unspecified atom stereocenters. The Morgan fingerprint density at radius 1 is 1.38 bits per heavy atom. The number of isocyanates is 1. The second kappa shape index (κ2) is 6.16. The largest absolute Gasteiger partial charge is 0.493 e. The maximum absolute atomic E-state index is 9.93. The number of benzene rings is 1. The molecule has 0 amide bonds. The van der Waals surface area contributed by atoms with E-state index in [0.717, 1.165) is 5.56 Å². The quantitative estimate of drug-likeness (QED) is 0.587. The van der Waals surface area contributed by atoms with Gasteiger partial charge in [-0.05, 0) is 18.1 Å². The molecule has 0 saturated carbocycles. The third kappa shape index (κ3) is 2.75. The Bertz CT molecular complexity index is 414. The third-order valence-corrected chi connectivity index (χ3v) is 2.54. The maximum atomic E-state index is 9.93. The van der Waals surface area contributed by atoms with Crippen molar-refractivity contribution in [3.05, 3.63) is 22.7 Å². The summed E-state index contributed by atoms with van der Waals surface area (Å²) in [6.07, 6.45) is 2.05. The minimum absolute atomic E-state index is 0.360. The predicted molar refractivity (Wildman–Crippen MR) is 61.2 cm³/mol. The molecule has 0 aliphatic heterocycles. The Morgan fingerprint density at radius 2 is 2.12 bits per heavy atom. The lowest BCUT2D eigenvalue weighted by atomic mass is 10.1. The van der Waals surface area contributed by atoms with Crippen LogP contribution in [0, 0.1) is 0 Å². The van der Waals surface area contributed by atoms with E-state index in [1.165, 1.54) is 13.2 Å². The monoisotopic (exact) mass is 241 g/mol. The molecule has 1 aromatic rings. The van der Waals surface area contributed by atoms with Gasteiger partial charge < -0.3 is 9.47 Å². The van der Waals surface area contributed by atoms with Crippen LogP contribution in [0.2, 0.25) is 5.02 Å². The van der Waals surface area contributed by atoms with Crippen molar-refractivity contribution in [2.24, 2.45) is 4.99 Å². The van der Waals surface area contributed by atoms with Crippen molar-refractivity contribution in [1.29, 1.82) is 0 Å². The average molecular weight is 242 g/mol. The summed E-state index contributed by atoms with van der Waals surface area (Å²) >= 11 is 6.13. The van der Waals surface area contributed by atoms with Crippen LogP contribution in [0.3, 0.4) is 0 Å². The highest BCUT2D eigenvalue weighted by molar-refractivity contribution is 6.33. The van der Waals surface area contributed by atoms with Crippen LogP contribution >= 0.6 is 11.6 Å². The third-order valence-electron chi connectivity index (χ3n) is 2.12. The fourth-order valence-electron chi connectivity index (χ4n) is 1.35. The highest BCUT2D eigenvalue weighted by atomic mass is 35.5. The minimum Gasteiger partial charge on any atom is -0.493 e. The Balaban J connectivity index is 2.99. The van der Waals surface area contributed by atoms with Crippen molar-refractivity contribution in [2.45, 2.75) is 6.42 Å². The van der Waals surface area contributed by atoms with Crippen molar-refractivity contribution in [2.75, 3.05) is 20.8 Å². The fraction of sp³-hybridized carbons (Fsp3) is 0.364. The first-order valence-electron chi connectivity index (χ1n) is 4.67. The average Bonchev–Trinajstić information content (AvgIpc) is 2.31. The Hall–Kier alpha value is -1.51. The van der Waals surface area contributed by atoms with Gasteiger partial charge in [0.2, 0.25) is 6.08 Å². The number of methoxy groups -OCH3 is 2. The van der Waals surface area contributed by atoms with E-state index in [2.05, 4.69) is 4.99 Å². The molecule has 0 bridgehead atoms. The van der Waals surface area contributed by atoms with E-state index < -0.39 is 0 Å². The van der Waals surface area contributed by atoms with Gasteiger partial charge in [0.1, 0.15) is 0 Å². The molecule has 5 heteroatoms. The first kappa shape index (κ1) is 12.6. The predicted octanol–water partition coefficient (Wildman–Crippen LogP) is 2.24. The summed E-state index contributed by atoms with van der Waals surface area (Å²) in [7, 11) is 3.07. The van der Waals surface area contributed by atoms with Crippen LogP contribution in [0.25, 0.3) is 0 Å². The van der Waals surface area contributed by atoms with Crippen LogP contribution < -0.4 is 9.47 Å². The normalized spacial score (nSPS) is 9.44. The van der Waals surface area contributed by atoms with Crippen LogP contribution in [0.4, 0.5) is 0 Å². The van der Waals surface area contributed by atoms with Gasteiger partial charge in [-0.15, -0.1) is 0 Å². The summed E-state index contributed by atoms with van der Waals surface area (Å²) in [4.78, 5) is 13.4. The molecule has 0 fully saturated rings. The molecule has 0 N–H and O–H groups in total. The van der Waals surface area contributed by atoms with Crippen molar-refractivity contribution in [3.8, 4) is 11.5 Å². The zero-order valence-electron chi connectivity index (χ0n) is 9.12. The van der Waals surface area contributed by atoms with Gasteiger partial charge in [-0.25, -0.2) is 9.79 Å². The zero-order chi connectivity index (χ0) is 12.0.